The highest BCUT2D eigenvalue weighted by molar-refractivity contribution is 7.98. The van der Waals surface area contributed by atoms with E-state index in [1.807, 2.05) is 23.9 Å². The van der Waals surface area contributed by atoms with E-state index in [2.05, 4.69) is 19.0 Å². The van der Waals surface area contributed by atoms with E-state index >= 15 is 0 Å². The molecular weight excluding hydrogens is 248 g/mol. The lowest BCUT2D eigenvalue weighted by Gasteiger charge is -2.20. The molecule has 0 radical (unpaired) electrons. The molecule has 0 atom stereocenters. The zero-order valence-corrected chi connectivity index (χ0v) is 11.8. The van der Waals surface area contributed by atoms with Crippen LogP contribution in [0, 0.1) is 0 Å². The number of thioether (sulfide) groups is 1. The number of nitrogen functional groups attached to an aromatic ring is 1. The number of nitrogens with zero attached hydrogens (tertiary/aromatic N) is 1. The molecule has 0 spiro atoms. The van der Waals surface area contributed by atoms with E-state index in [1.54, 1.807) is 0 Å². The lowest BCUT2D eigenvalue weighted by Crippen LogP contribution is -2.16. The van der Waals surface area contributed by atoms with Crippen LogP contribution in [0.15, 0.2) is 12.1 Å². The normalized spacial score (nSPS) is 13.9. The number of fused-ring (bicyclic) bond motifs is 1. The maximum atomic E-state index is 6.03. The molecule has 100 valence electrons. The summed E-state index contributed by atoms with van der Waals surface area (Å²) in [6.45, 7) is 2.29. The third kappa shape index (κ3) is 3.46. The van der Waals surface area contributed by atoms with Gasteiger partial charge < -0.3 is 20.1 Å². The van der Waals surface area contributed by atoms with Gasteiger partial charge in [-0.1, -0.05) is 0 Å². The van der Waals surface area contributed by atoms with Gasteiger partial charge in [-0.05, 0) is 25.7 Å². The van der Waals surface area contributed by atoms with Gasteiger partial charge in [-0.3, -0.25) is 0 Å². The number of hydrogen-bond acceptors (Lipinski definition) is 5. The van der Waals surface area contributed by atoms with Crippen molar-refractivity contribution in [2.45, 2.75) is 5.75 Å². The molecule has 1 aliphatic rings. The first-order valence-electron chi connectivity index (χ1n) is 6.07. The zero-order chi connectivity index (χ0) is 13.0. The van der Waals surface area contributed by atoms with E-state index in [0.717, 1.165) is 40.8 Å². The second-order valence-corrected chi connectivity index (χ2v) is 5.66. The number of nitrogens with two attached hydrogens (primary N) is 1. The number of hydrogen-bond donors (Lipinski definition) is 1. The molecule has 0 unspecified atom stereocenters. The highest BCUT2D eigenvalue weighted by atomic mass is 32.2. The molecule has 0 aliphatic carbocycles. The third-order valence-corrected chi connectivity index (χ3v) is 3.73. The molecule has 1 aromatic rings. The largest absolute Gasteiger partial charge is 0.486 e. The molecular formula is C13H20N2O2S. The highest BCUT2D eigenvalue weighted by Gasteiger charge is 2.14. The molecule has 0 fully saturated rings. The maximum absolute atomic E-state index is 6.03. The van der Waals surface area contributed by atoms with E-state index in [-0.39, 0.29) is 0 Å². The van der Waals surface area contributed by atoms with Crippen molar-refractivity contribution in [1.29, 1.82) is 0 Å². The van der Waals surface area contributed by atoms with Crippen molar-refractivity contribution in [3.05, 3.63) is 17.7 Å². The maximum Gasteiger partial charge on any atom is 0.163 e. The Balaban J connectivity index is 1.95. The van der Waals surface area contributed by atoms with Crippen molar-refractivity contribution in [2.75, 3.05) is 45.3 Å². The highest BCUT2D eigenvalue weighted by Crippen LogP contribution is 2.35. The van der Waals surface area contributed by atoms with Crippen LogP contribution in [-0.2, 0) is 5.75 Å². The van der Waals surface area contributed by atoms with Crippen molar-refractivity contribution in [2.24, 2.45) is 0 Å². The van der Waals surface area contributed by atoms with Crippen LogP contribution < -0.4 is 15.2 Å². The summed E-state index contributed by atoms with van der Waals surface area (Å²) in [5.41, 5.74) is 7.94. The summed E-state index contributed by atoms with van der Waals surface area (Å²) in [5, 5.41) is 0. The number of rotatable bonds is 5. The fourth-order valence-electron chi connectivity index (χ4n) is 1.70. The quantitative estimate of drug-likeness (QED) is 0.652. The van der Waals surface area contributed by atoms with Gasteiger partial charge in [0.1, 0.15) is 13.2 Å². The van der Waals surface area contributed by atoms with Gasteiger partial charge in [-0.15, -0.1) is 0 Å². The standard InChI is InChI=1S/C13H20N2O2S/c1-15(2)3-6-18-9-10-7-12-13(8-11(10)14)17-5-4-16-12/h7-8H,3-6,9,14H2,1-2H3. The van der Waals surface area contributed by atoms with Crippen LogP contribution in [0.3, 0.4) is 0 Å². The molecule has 0 saturated carbocycles. The van der Waals surface area contributed by atoms with E-state index < -0.39 is 0 Å². The van der Waals surface area contributed by atoms with Crippen LogP contribution in [-0.4, -0.2) is 44.5 Å². The summed E-state index contributed by atoms with van der Waals surface area (Å²) < 4.78 is 11.1. The predicted molar refractivity (Wildman–Crippen MR) is 76.6 cm³/mol. The SMILES string of the molecule is CN(C)CCSCc1cc2c(cc1N)OCCO2. The Bertz CT molecular complexity index is 410. The molecule has 5 heteroatoms. The second-order valence-electron chi connectivity index (χ2n) is 4.55. The van der Waals surface area contributed by atoms with Crippen LogP contribution in [0.25, 0.3) is 0 Å². The topological polar surface area (TPSA) is 47.7 Å². The lowest BCUT2D eigenvalue weighted by molar-refractivity contribution is 0.171. The molecule has 4 nitrogen and oxygen atoms in total. The van der Waals surface area contributed by atoms with Crippen LogP contribution in [0.1, 0.15) is 5.56 Å². The van der Waals surface area contributed by atoms with Gasteiger partial charge in [0.2, 0.25) is 0 Å². The molecule has 0 saturated heterocycles. The molecule has 0 amide bonds. The Morgan fingerprint density at radius 3 is 2.56 bits per heavy atom. The molecule has 2 rings (SSSR count). The average molecular weight is 268 g/mol. The Morgan fingerprint density at radius 2 is 1.89 bits per heavy atom. The second kappa shape index (κ2) is 6.20. The predicted octanol–water partition coefficient (Wildman–Crippen LogP) is 1.83. The van der Waals surface area contributed by atoms with Gasteiger partial charge in [0.15, 0.2) is 11.5 Å². The molecule has 0 bridgehead atoms. The van der Waals surface area contributed by atoms with Gasteiger partial charge >= 0.3 is 0 Å². The van der Waals surface area contributed by atoms with Crippen LogP contribution >= 0.6 is 11.8 Å². The summed E-state index contributed by atoms with van der Waals surface area (Å²) in [6, 6.07) is 3.88. The number of anilines is 1. The minimum Gasteiger partial charge on any atom is -0.486 e. The van der Waals surface area contributed by atoms with E-state index in [4.69, 9.17) is 15.2 Å². The third-order valence-electron chi connectivity index (χ3n) is 2.74. The first-order chi connectivity index (χ1) is 8.66. The molecule has 18 heavy (non-hydrogen) atoms. The Morgan fingerprint density at radius 1 is 1.22 bits per heavy atom. The first kappa shape index (κ1) is 13.4. The number of ether oxygens (including phenoxy) is 2. The van der Waals surface area contributed by atoms with Gasteiger partial charge in [-0.2, -0.15) is 11.8 Å². The molecule has 0 aromatic heterocycles. The van der Waals surface area contributed by atoms with E-state index in [1.165, 1.54) is 0 Å². The minimum absolute atomic E-state index is 0.601. The number of benzene rings is 1. The lowest BCUT2D eigenvalue weighted by atomic mass is 10.2. The summed E-state index contributed by atoms with van der Waals surface area (Å²) in [5.74, 6) is 3.59. The molecule has 1 heterocycles. The minimum atomic E-state index is 0.601. The first-order valence-corrected chi connectivity index (χ1v) is 7.23. The summed E-state index contributed by atoms with van der Waals surface area (Å²) >= 11 is 1.88. The zero-order valence-electron chi connectivity index (χ0n) is 10.9. The van der Waals surface area contributed by atoms with Crippen molar-refractivity contribution >= 4 is 17.4 Å². The van der Waals surface area contributed by atoms with Crippen molar-refractivity contribution in [3.63, 3.8) is 0 Å². The molecule has 1 aromatic carbocycles. The summed E-state index contributed by atoms with van der Waals surface area (Å²) in [6.07, 6.45) is 0. The smallest absolute Gasteiger partial charge is 0.163 e. The fraction of sp³-hybridized carbons (Fsp3) is 0.538. The van der Waals surface area contributed by atoms with Crippen molar-refractivity contribution < 1.29 is 9.47 Å². The Kier molecular flexibility index (Phi) is 4.60. The monoisotopic (exact) mass is 268 g/mol. The molecule has 1 aliphatic heterocycles. The van der Waals surface area contributed by atoms with Gasteiger partial charge in [0.25, 0.3) is 0 Å². The van der Waals surface area contributed by atoms with Crippen molar-refractivity contribution in [3.8, 4) is 11.5 Å². The van der Waals surface area contributed by atoms with Gasteiger partial charge in [-0.25, -0.2) is 0 Å². The Hall–Kier alpha value is -1.07. The Labute approximate surface area is 112 Å². The summed E-state index contributed by atoms with van der Waals surface area (Å²) in [7, 11) is 4.16. The van der Waals surface area contributed by atoms with E-state index in [9.17, 15) is 0 Å². The summed E-state index contributed by atoms with van der Waals surface area (Å²) in [4.78, 5) is 2.18. The van der Waals surface area contributed by atoms with Crippen molar-refractivity contribution in [1.82, 2.24) is 4.90 Å². The average Bonchev–Trinajstić information content (AvgIpc) is 2.34. The van der Waals surface area contributed by atoms with Gasteiger partial charge in [0.05, 0.1) is 0 Å². The van der Waals surface area contributed by atoms with Gasteiger partial charge in [0, 0.05) is 29.8 Å². The van der Waals surface area contributed by atoms with Crippen LogP contribution in [0.5, 0.6) is 11.5 Å². The van der Waals surface area contributed by atoms with Crippen LogP contribution in [0.4, 0.5) is 5.69 Å². The van der Waals surface area contributed by atoms with E-state index in [0.29, 0.717) is 13.2 Å². The van der Waals surface area contributed by atoms with Crippen LogP contribution in [0.2, 0.25) is 0 Å². The fourth-order valence-corrected chi connectivity index (χ4v) is 2.81. The molecule has 2 N–H and O–H groups in total.